The molecule has 2 rings (SSSR count). The zero-order valence-electron chi connectivity index (χ0n) is 9.56. The summed E-state index contributed by atoms with van der Waals surface area (Å²) in [6.45, 7) is 5.52. The van der Waals surface area contributed by atoms with Crippen molar-refractivity contribution in [2.75, 3.05) is 25.9 Å². The summed E-state index contributed by atoms with van der Waals surface area (Å²) in [5, 5.41) is 4.16. The fraction of sp³-hybridized carbons (Fsp3) is 0.727. The number of likely N-dealkylation sites (N-methyl/N-ethyl adjacent to an activating group) is 1. The minimum Gasteiger partial charge on any atom is -0.396 e. The van der Waals surface area contributed by atoms with Crippen LogP contribution in [-0.4, -0.2) is 34.8 Å². The molecule has 1 saturated carbocycles. The summed E-state index contributed by atoms with van der Waals surface area (Å²) in [5.41, 5.74) is 6.34. The number of aromatic nitrogens is 2. The molecule has 1 aliphatic carbocycles. The van der Waals surface area contributed by atoms with Crippen molar-refractivity contribution in [1.29, 1.82) is 0 Å². The van der Waals surface area contributed by atoms with E-state index in [-0.39, 0.29) is 0 Å². The summed E-state index contributed by atoms with van der Waals surface area (Å²) in [6, 6.07) is 0. The van der Waals surface area contributed by atoms with Crippen LogP contribution >= 0.6 is 0 Å². The summed E-state index contributed by atoms with van der Waals surface area (Å²) in [4.78, 5) is 2.38. The van der Waals surface area contributed by atoms with E-state index in [9.17, 15) is 0 Å². The Morgan fingerprint density at radius 1 is 1.67 bits per heavy atom. The van der Waals surface area contributed by atoms with Crippen LogP contribution in [-0.2, 0) is 6.54 Å². The molecule has 0 aliphatic heterocycles. The molecule has 1 aromatic rings. The van der Waals surface area contributed by atoms with Gasteiger partial charge < -0.3 is 10.6 Å². The maximum absolute atomic E-state index is 5.60. The molecule has 2 unspecified atom stereocenters. The SMILES string of the molecule is CC1CC1CN(C)CCn1cc(N)cn1. The lowest BCUT2D eigenvalue weighted by atomic mass is 10.3. The molecule has 15 heavy (non-hydrogen) atoms. The highest BCUT2D eigenvalue weighted by Gasteiger charge is 2.32. The second-order valence-corrected chi connectivity index (χ2v) is 4.77. The van der Waals surface area contributed by atoms with Gasteiger partial charge in [-0.25, -0.2) is 0 Å². The Kier molecular flexibility index (Phi) is 2.95. The van der Waals surface area contributed by atoms with E-state index in [1.165, 1.54) is 13.0 Å². The maximum Gasteiger partial charge on any atom is 0.0719 e. The molecule has 0 radical (unpaired) electrons. The van der Waals surface area contributed by atoms with E-state index in [2.05, 4.69) is 24.0 Å². The molecule has 0 spiro atoms. The van der Waals surface area contributed by atoms with Gasteiger partial charge in [-0.05, 0) is 25.3 Å². The average Bonchev–Trinajstić information content (AvgIpc) is 2.71. The van der Waals surface area contributed by atoms with Crippen molar-refractivity contribution in [2.24, 2.45) is 11.8 Å². The number of nitrogens with two attached hydrogens (primary N) is 1. The molecular formula is C11H20N4. The summed E-state index contributed by atoms with van der Waals surface area (Å²) < 4.78 is 1.90. The molecule has 0 amide bonds. The predicted molar refractivity (Wildman–Crippen MR) is 61.4 cm³/mol. The molecule has 4 nitrogen and oxygen atoms in total. The van der Waals surface area contributed by atoms with Gasteiger partial charge in [-0.2, -0.15) is 5.10 Å². The first-order chi connectivity index (χ1) is 7.15. The van der Waals surface area contributed by atoms with Crippen molar-refractivity contribution in [1.82, 2.24) is 14.7 Å². The van der Waals surface area contributed by atoms with Gasteiger partial charge in [-0.3, -0.25) is 4.68 Å². The number of nitrogens with zero attached hydrogens (tertiary/aromatic N) is 3. The Hall–Kier alpha value is -1.03. The molecular weight excluding hydrogens is 188 g/mol. The molecule has 84 valence electrons. The van der Waals surface area contributed by atoms with Crippen molar-refractivity contribution in [2.45, 2.75) is 19.9 Å². The highest BCUT2D eigenvalue weighted by molar-refractivity contribution is 5.30. The molecule has 1 fully saturated rings. The van der Waals surface area contributed by atoms with Gasteiger partial charge in [-0.1, -0.05) is 6.92 Å². The number of hydrogen-bond acceptors (Lipinski definition) is 3. The van der Waals surface area contributed by atoms with Gasteiger partial charge in [0.15, 0.2) is 0 Å². The van der Waals surface area contributed by atoms with Gasteiger partial charge >= 0.3 is 0 Å². The zero-order chi connectivity index (χ0) is 10.8. The Morgan fingerprint density at radius 3 is 2.93 bits per heavy atom. The van der Waals surface area contributed by atoms with Crippen LogP contribution in [0.25, 0.3) is 0 Å². The third-order valence-electron chi connectivity index (χ3n) is 3.19. The van der Waals surface area contributed by atoms with E-state index < -0.39 is 0 Å². The largest absolute Gasteiger partial charge is 0.396 e. The molecule has 2 atom stereocenters. The lowest BCUT2D eigenvalue weighted by Gasteiger charge is -2.16. The van der Waals surface area contributed by atoms with E-state index in [1.807, 2.05) is 10.9 Å². The molecule has 0 saturated heterocycles. The highest BCUT2D eigenvalue weighted by Crippen LogP contribution is 2.37. The standard InChI is InChI=1S/C11H20N4/c1-9-5-10(9)7-14(2)3-4-15-8-11(12)6-13-15/h6,8-10H,3-5,7,12H2,1-2H3. The Bertz CT molecular complexity index is 320. The van der Waals surface area contributed by atoms with Gasteiger partial charge in [-0.15, -0.1) is 0 Å². The molecule has 1 aliphatic rings. The van der Waals surface area contributed by atoms with E-state index in [1.54, 1.807) is 6.20 Å². The second kappa shape index (κ2) is 4.23. The number of rotatable bonds is 5. The number of nitrogen functional groups attached to an aromatic ring is 1. The van der Waals surface area contributed by atoms with Crippen LogP contribution in [0.2, 0.25) is 0 Å². The fourth-order valence-corrected chi connectivity index (χ4v) is 1.92. The monoisotopic (exact) mass is 208 g/mol. The minimum atomic E-state index is 0.744. The minimum absolute atomic E-state index is 0.744. The van der Waals surface area contributed by atoms with Crippen molar-refractivity contribution in [3.8, 4) is 0 Å². The van der Waals surface area contributed by atoms with Crippen LogP contribution in [0.15, 0.2) is 12.4 Å². The lowest BCUT2D eigenvalue weighted by molar-refractivity contribution is 0.296. The molecule has 4 heteroatoms. The molecule has 0 bridgehead atoms. The summed E-state index contributed by atoms with van der Waals surface area (Å²) >= 11 is 0. The van der Waals surface area contributed by atoms with Crippen LogP contribution in [0, 0.1) is 11.8 Å². The first kappa shape index (κ1) is 10.5. The summed E-state index contributed by atoms with van der Waals surface area (Å²) in [7, 11) is 2.18. The average molecular weight is 208 g/mol. The van der Waals surface area contributed by atoms with Crippen molar-refractivity contribution in [3.63, 3.8) is 0 Å². The second-order valence-electron chi connectivity index (χ2n) is 4.77. The molecule has 1 aromatic heterocycles. The summed E-state index contributed by atoms with van der Waals surface area (Å²) in [5.74, 6) is 1.87. The predicted octanol–water partition coefficient (Wildman–Crippen LogP) is 1.05. The van der Waals surface area contributed by atoms with Gasteiger partial charge in [0, 0.05) is 19.3 Å². The Morgan fingerprint density at radius 2 is 2.40 bits per heavy atom. The van der Waals surface area contributed by atoms with Crippen LogP contribution in [0.4, 0.5) is 5.69 Å². The van der Waals surface area contributed by atoms with Crippen molar-refractivity contribution in [3.05, 3.63) is 12.4 Å². The van der Waals surface area contributed by atoms with Gasteiger partial charge in [0.25, 0.3) is 0 Å². The third-order valence-corrected chi connectivity index (χ3v) is 3.19. The smallest absolute Gasteiger partial charge is 0.0719 e. The van der Waals surface area contributed by atoms with Crippen LogP contribution in [0.1, 0.15) is 13.3 Å². The van der Waals surface area contributed by atoms with Crippen LogP contribution in [0.3, 0.4) is 0 Å². The lowest BCUT2D eigenvalue weighted by Crippen LogP contribution is -2.25. The van der Waals surface area contributed by atoms with Crippen molar-refractivity contribution >= 4 is 5.69 Å². The molecule has 0 aromatic carbocycles. The fourth-order valence-electron chi connectivity index (χ4n) is 1.92. The normalized spacial score (nSPS) is 24.7. The van der Waals surface area contributed by atoms with E-state index in [0.717, 1.165) is 30.6 Å². The third kappa shape index (κ3) is 2.96. The number of anilines is 1. The van der Waals surface area contributed by atoms with Crippen molar-refractivity contribution < 1.29 is 0 Å². The van der Waals surface area contributed by atoms with Gasteiger partial charge in [0.1, 0.15) is 0 Å². The van der Waals surface area contributed by atoms with Gasteiger partial charge in [0.05, 0.1) is 18.4 Å². The first-order valence-electron chi connectivity index (χ1n) is 5.61. The van der Waals surface area contributed by atoms with Crippen LogP contribution < -0.4 is 5.73 Å². The Labute approximate surface area is 91.1 Å². The first-order valence-corrected chi connectivity index (χ1v) is 5.61. The zero-order valence-corrected chi connectivity index (χ0v) is 9.56. The number of hydrogen-bond donors (Lipinski definition) is 1. The molecule has 2 N–H and O–H groups in total. The molecule has 1 heterocycles. The Balaban J connectivity index is 1.68. The summed E-state index contributed by atoms with van der Waals surface area (Å²) in [6.07, 6.45) is 4.98. The topological polar surface area (TPSA) is 47.1 Å². The quantitative estimate of drug-likeness (QED) is 0.787. The van der Waals surface area contributed by atoms with Crippen LogP contribution in [0.5, 0.6) is 0 Å². The maximum atomic E-state index is 5.60. The highest BCUT2D eigenvalue weighted by atomic mass is 15.3. The van der Waals surface area contributed by atoms with Gasteiger partial charge in [0.2, 0.25) is 0 Å². The van der Waals surface area contributed by atoms with E-state index >= 15 is 0 Å². The van der Waals surface area contributed by atoms with E-state index in [4.69, 9.17) is 5.73 Å². The van der Waals surface area contributed by atoms with E-state index in [0.29, 0.717) is 0 Å².